The number of aliphatic hydroxyl groups is 9. The lowest BCUT2D eigenvalue weighted by molar-refractivity contribution is -0.376. The third kappa shape index (κ3) is 11.2. The normalized spacial score (nSPS) is 39.8. The molecular weight excluding hydrogens is 662 g/mol. The lowest BCUT2D eigenvalue weighted by atomic mass is 9.95. The smallest absolute Gasteiger partial charge is 0.305 e. The lowest BCUT2D eigenvalue weighted by Crippen LogP contribution is -2.68. The minimum atomic E-state index is -1.91. The Morgan fingerprint density at radius 3 is 1.73 bits per heavy atom. The van der Waals surface area contributed by atoms with E-state index < -0.39 is 118 Å². The maximum absolute atomic E-state index is 12.1. The Kier molecular flexibility index (Phi) is 17.4. The van der Waals surface area contributed by atoms with Crippen molar-refractivity contribution in [1.82, 2.24) is 5.32 Å². The molecule has 10 N–H and O–H groups in total. The standard InChI is InChI=1S/C30H53NO18/c1-14(35)31-19-22(39)26(17(13-34)47-28(19)44-10-8-6-4-3-5-7-9-18(36)43-2)48-30-25(42)27(21(38)16(12-33)46-30)49-29-24(41)23(40)20(37)15(11-32)45-29/h15-17,19-30,32-34,37-42H,3-13H2,1-2H3,(H,31,35). The molecule has 15 atom stereocenters. The molecule has 3 aliphatic heterocycles. The van der Waals surface area contributed by atoms with Crippen molar-refractivity contribution < 1.29 is 88.7 Å². The molecule has 0 aromatic carbocycles. The summed E-state index contributed by atoms with van der Waals surface area (Å²) in [6.45, 7) is -0.888. The Morgan fingerprint density at radius 2 is 1.14 bits per heavy atom. The van der Waals surface area contributed by atoms with Crippen molar-refractivity contribution in [1.29, 1.82) is 0 Å². The molecule has 3 saturated heterocycles. The van der Waals surface area contributed by atoms with Crippen molar-refractivity contribution in [2.24, 2.45) is 0 Å². The van der Waals surface area contributed by atoms with Gasteiger partial charge in [-0.1, -0.05) is 25.7 Å². The zero-order chi connectivity index (χ0) is 36.2. The van der Waals surface area contributed by atoms with E-state index in [0.717, 1.165) is 32.1 Å². The predicted molar refractivity (Wildman–Crippen MR) is 161 cm³/mol. The van der Waals surface area contributed by atoms with Crippen LogP contribution in [-0.4, -0.2) is 183 Å². The van der Waals surface area contributed by atoms with Gasteiger partial charge in [-0.25, -0.2) is 0 Å². The fraction of sp³-hybridized carbons (Fsp3) is 0.933. The number of hydrogen-bond acceptors (Lipinski definition) is 18. The number of carbonyl (C=O) groups excluding carboxylic acids is 2. The molecule has 3 fully saturated rings. The molecule has 0 aromatic rings. The van der Waals surface area contributed by atoms with Gasteiger partial charge in [0.25, 0.3) is 0 Å². The Bertz CT molecular complexity index is 993. The van der Waals surface area contributed by atoms with E-state index in [0.29, 0.717) is 12.8 Å². The largest absolute Gasteiger partial charge is 0.469 e. The van der Waals surface area contributed by atoms with Crippen LogP contribution in [0.3, 0.4) is 0 Å². The van der Waals surface area contributed by atoms with E-state index in [2.05, 4.69) is 10.1 Å². The second-order valence-corrected chi connectivity index (χ2v) is 12.4. The number of hydrogen-bond donors (Lipinski definition) is 10. The number of ether oxygens (including phenoxy) is 7. The molecule has 0 bridgehead atoms. The Morgan fingerprint density at radius 1 is 0.612 bits per heavy atom. The average Bonchev–Trinajstić information content (AvgIpc) is 3.08. The molecule has 19 nitrogen and oxygen atoms in total. The van der Waals surface area contributed by atoms with Crippen molar-refractivity contribution in [3.8, 4) is 0 Å². The zero-order valence-electron chi connectivity index (χ0n) is 27.6. The first-order valence-electron chi connectivity index (χ1n) is 16.5. The first kappa shape index (κ1) is 41.8. The topological polar surface area (TPSA) is 293 Å². The molecular formula is C30H53NO18. The maximum Gasteiger partial charge on any atom is 0.305 e. The second kappa shape index (κ2) is 20.4. The molecule has 0 aromatic heterocycles. The van der Waals surface area contributed by atoms with Gasteiger partial charge in [-0.2, -0.15) is 0 Å². The fourth-order valence-electron chi connectivity index (χ4n) is 5.96. The van der Waals surface area contributed by atoms with Crippen LogP contribution >= 0.6 is 0 Å². The van der Waals surface area contributed by atoms with Gasteiger partial charge in [-0.15, -0.1) is 0 Å². The van der Waals surface area contributed by atoms with Crippen molar-refractivity contribution in [3.05, 3.63) is 0 Å². The van der Waals surface area contributed by atoms with E-state index in [9.17, 15) is 55.5 Å². The fourth-order valence-corrected chi connectivity index (χ4v) is 5.96. The summed E-state index contributed by atoms with van der Waals surface area (Å²) in [5, 5.41) is 96.0. The Balaban J connectivity index is 1.64. The summed E-state index contributed by atoms with van der Waals surface area (Å²) in [5.41, 5.74) is 0. The SMILES string of the molecule is COC(=O)CCCCCCCCOC1OC(CO)C(OC2OC(CO)C(O)C(OC3OC(CO)C(O)C(O)C3O)C2O)C(O)C1NC(C)=O. The summed E-state index contributed by atoms with van der Waals surface area (Å²) in [4.78, 5) is 23.3. The number of aliphatic hydroxyl groups excluding tert-OH is 9. The number of methoxy groups -OCH3 is 1. The van der Waals surface area contributed by atoms with Crippen molar-refractivity contribution in [2.45, 2.75) is 144 Å². The van der Waals surface area contributed by atoms with Crippen LogP contribution < -0.4 is 5.32 Å². The van der Waals surface area contributed by atoms with Gasteiger partial charge in [-0.3, -0.25) is 9.59 Å². The van der Waals surface area contributed by atoms with E-state index in [1.54, 1.807) is 0 Å². The average molecular weight is 716 g/mol. The third-order valence-electron chi connectivity index (χ3n) is 8.76. The highest BCUT2D eigenvalue weighted by atomic mass is 16.8. The number of nitrogens with one attached hydrogen (secondary N) is 1. The predicted octanol–water partition coefficient (Wildman–Crippen LogP) is -4.50. The highest BCUT2D eigenvalue weighted by Gasteiger charge is 2.54. The first-order chi connectivity index (χ1) is 23.4. The molecule has 0 saturated carbocycles. The highest BCUT2D eigenvalue weighted by Crippen LogP contribution is 2.33. The van der Waals surface area contributed by atoms with Crippen LogP contribution in [0.15, 0.2) is 0 Å². The number of amides is 1. The van der Waals surface area contributed by atoms with E-state index in [1.165, 1.54) is 14.0 Å². The van der Waals surface area contributed by atoms with Crippen molar-refractivity contribution >= 4 is 11.9 Å². The van der Waals surface area contributed by atoms with Crippen LogP contribution in [0.1, 0.15) is 51.9 Å². The third-order valence-corrected chi connectivity index (χ3v) is 8.76. The zero-order valence-corrected chi connectivity index (χ0v) is 27.6. The van der Waals surface area contributed by atoms with Gasteiger partial charge in [-0.05, 0) is 12.8 Å². The summed E-state index contributed by atoms with van der Waals surface area (Å²) in [6.07, 6.45) is -17.5. The Hall–Kier alpha value is -1.66. The minimum absolute atomic E-state index is 0.191. The van der Waals surface area contributed by atoms with Crippen LogP contribution in [0.25, 0.3) is 0 Å². The van der Waals surface area contributed by atoms with E-state index in [4.69, 9.17) is 28.4 Å². The van der Waals surface area contributed by atoms with Gasteiger partial charge in [0.15, 0.2) is 18.9 Å². The number of carbonyl (C=O) groups is 2. The van der Waals surface area contributed by atoms with E-state index in [-0.39, 0.29) is 12.6 Å². The molecule has 15 unspecified atom stereocenters. The van der Waals surface area contributed by atoms with Crippen molar-refractivity contribution in [3.63, 3.8) is 0 Å². The lowest BCUT2D eigenvalue weighted by Gasteiger charge is -2.48. The van der Waals surface area contributed by atoms with Gasteiger partial charge >= 0.3 is 5.97 Å². The molecule has 3 aliphatic rings. The van der Waals surface area contributed by atoms with Crippen LogP contribution in [0, 0.1) is 0 Å². The van der Waals surface area contributed by atoms with Crippen molar-refractivity contribution in [2.75, 3.05) is 33.5 Å². The maximum atomic E-state index is 12.1. The molecule has 19 heteroatoms. The monoisotopic (exact) mass is 715 g/mol. The molecule has 49 heavy (non-hydrogen) atoms. The first-order valence-corrected chi connectivity index (χ1v) is 16.5. The molecule has 0 radical (unpaired) electrons. The van der Waals surface area contributed by atoms with Crippen LogP contribution in [-0.2, 0) is 42.7 Å². The minimum Gasteiger partial charge on any atom is -0.469 e. The number of rotatable bonds is 18. The summed E-state index contributed by atoms with van der Waals surface area (Å²) < 4.78 is 38.6. The molecule has 286 valence electrons. The molecule has 0 aliphatic carbocycles. The van der Waals surface area contributed by atoms with Gasteiger partial charge in [0.05, 0.1) is 26.9 Å². The molecule has 3 rings (SSSR count). The van der Waals surface area contributed by atoms with Gasteiger partial charge in [0.2, 0.25) is 5.91 Å². The van der Waals surface area contributed by atoms with Crippen LogP contribution in [0.2, 0.25) is 0 Å². The van der Waals surface area contributed by atoms with Crippen LogP contribution in [0.5, 0.6) is 0 Å². The quantitative estimate of drug-likeness (QED) is 0.0472. The van der Waals surface area contributed by atoms with Crippen LogP contribution in [0.4, 0.5) is 0 Å². The summed E-state index contributed by atoms with van der Waals surface area (Å²) >= 11 is 0. The number of unbranched alkanes of at least 4 members (excludes halogenated alkanes) is 5. The van der Waals surface area contributed by atoms with Gasteiger partial charge < -0.3 is 84.4 Å². The highest BCUT2D eigenvalue weighted by molar-refractivity contribution is 5.73. The summed E-state index contributed by atoms with van der Waals surface area (Å²) in [7, 11) is 1.35. The van der Waals surface area contributed by atoms with E-state index in [1.807, 2.05) is 0 Å². The van der Waals surface area contributed by atoms with E-state index >= 15 is 0 Å². The molecule has 3 heterocycles. The molecule has 0 spiro atoms. The Labute approximate surface area is 283 Å². The summed E-state index contributed by atoms with van der Waals surface area (Å²) in [5.74, 6) is -0.786. The van der Waals surface area contributed by atoms with Gasteiger partial charge in [0.1, 0.15) is 73.2 Å². The molecule has 1 amide bonds. The summed E-state index contributed by atoms with van der Waals surface area (Å²) in [6, 6.07) is -1.20. The number of esters is 1. The van der Waals surface area contributed by atoms with Gasteiger partial charge in [0, 0.05) is 20.0 Å². The second-order valence-electron chi connectivity index (χ2n) is 12.4.